The van der Waals surface area contributed by atoms with Gasteiger partial charge < -0.3 is 18.9 Å². The van der Waals surface area contributed by atoms with Crippen LogP contribution in [0.3, 0.4) is 0 Å². The van der Waals surface area contributed by atoms with Crippen molar-refractivity contribution in [3.8, 4) is 17.2 Å². The van der Waals surface area contributed by atoms with E-state index in [1.54, 1.807) is 14.2 Å². The molecule has 0 N–H and O–H groups in total. The molecule has 4 heteroatoms. The third-order valence-electron chi connectivity index (χ3n) is 2.25. The summed E-state index contributed by atoms with van der Waals surface area (Å²) >= 11 is 0. The number of benzene rings is 1. The highest BCUT2D eigenvalue weighted by Crippen LogP contribution is 2.41. The molecule has 1 aliphatic heterocycles. The van der Waals surface area contributed by atoms with Crippen LogP contribution in [-0.4, -0.2) is 27.6 Å². The summed E-state index contributed by atoms with van der Waals surface area (Å²) in [5, 5.41) is 0. The third kappa shape index (κ3) is 2.12. The second-order valence-corrected chi connectivity index (χ2v) is 3.31. The molecule has 2 rings (SSSR count). The molecule has 16 heavy (non-hydrogen) atoms. The summed E-state index contributed by atoms with van der Waals surface area (Å²) in [5.74, 6) is 2.08. The molecule has 0 saturated carbocycles. The first kappa shape index (κ1) is 10.8. The lowest BCUT2D eigenvalue weighted by atomic mass is 10.1. The van der Waals surface area contributed by atoms with E-state index in [1.165, 1.54) is 0 Å². The highest BCUT2D eigenvalue weighted by molar-refractivity contribution is 5.62. The van der Waals surface area contributed by atoms with Gasteiger partial charge in [0.25, 0.3) is 0 Å². The molecule has 0 amide bonds. The lowest BCUT2D eigenvalue weighted by molar-refractivity contribution is 0.171. The maximum Gasteiger partial charge on any atom is 0.231 e. The van der Waals surface area contributed by atoms with Crippen molar-refractivity contribution in [1.29, 1.82) is 0 Å². The molecule has 1 aliphatic rings. The number of hydrogen-bond donors (Lipinski definition) is 0. The fourth-order valence-corrected chi connectivity index (χ4v) is 1.53. The summed E-state index contributed by atoms with van der Waals surface area (Å²) in [6.45, 7) is 0.827. The maximum atomic E-state index is 5.32. The van der Waals surface area contributed by atoms with Crippen LogP contribution >= 0.6 is 0 Å². The van der Waals surface area contributed by atoms with Gasteiger partial charge in [-0.05, 0) is 17.7 Å². The fourth-order valence-electron chi connectivity index (χ4n) is 1.53. The van der Waals surface area contributed by atoms with E-state index in [0.29, 0.717) is 18.1 Å². The summed E-state index contributed by atoms with van der Waals surface area (Å²) in [5.41, 5.74) is 0.998. The van der Waals surface area contributed by atoms with Crippen LogP contribution < -0.4 is 14.2 Å². The maximum absolute atomic E-state index is 5.32. The van der Waals surface area contributed by atoms with E-state index in [0.717, 1.165) is 11.3 Å². The lowest BCUT2D eigenvalue weighted by Gasteiger charge is -2.05. The van der Waals surface area contributed by atoms with E-state index in [-0.39, 0.29) is 6.79 Å². The second kappa shape index (κ2) is 4.90. The molecule has 0 saturated heterocycles. The van der Waals surface area contributed by atoms with Crippen molar-refractivity contribution >= 4 is 6.08 Å². The molecular formula is C12H14O4. The lowest BCUT2D eigenvalue weighted by Crippen LogP contribution is -1.93. The van der Waals surface area contributed by atoms with Gasteiger partial charge in [-0.25, -0.2) is 0 Å². The van der Waals surface area contributed by atoms with Gasteiger partial charge in [0, 0.05) is 7.11 Å². The number of methoxy groups -OCH3 is 2. The van der Waals surface area contributed by atoms with Gasteiger partial charge in [0.15, 0.2) is 11.5 Å². The van der Waals surface area contributed by atoms with E-state index in [1.807, 2.05) is 24.3 Å². The van der Waals surface area contributed by atoms with Gasteiger partial charge >= 0.3 is 0 Å². The number of ether oxygens (including phenoxy) is 4. The van der Waals surface area contributed by atoms with E-state index in [9.17, 15) is 0 Å². The number of hydrogen-bond acceptors (Lipinski definition) is 4. The molecule has 0 aliphatic carbocycles. The average molecular weight is 222 g/mol. The Balaban J connectivity index is 2.27. The minimum atomic E-state index is 0.247. The Morgan fingerprint density at radius 1 is 1.31 bits per heavy atom. The van der Waals surface area contributed by atoms with Crippen molar-refractivity contribution in [1.82, 2.24) is 0 Å². The Bertz CT molecular complexity index is 398. The molecule has 0 atom stereocenters. The van der Waals surface area contributed by atoms with Gasteiger partial charge in [-0.2, -0.15) is 0 Å². The first-order valence-electron chi connectivity index (χ1n) is 4.98. The zero-order valence-corrected chi connectivity index (χ0v) is 9.36. The van der Waals surface area contributed by atoms with Crippen molar-refractivity contribution in [3.05, 3.63) is 23.8 Å². The Labute approximate surface area is 94.4 Å². The topological polar surface area (TPSA) is 36.9 Å². The van der Waals surface area contributed by atoms with Crippen molar-refractivity contribution in [2.75, 3.05) is 27.6 Å². The fraction of sp³-hybridized carbons (Fsp3) is 0.333. The van der Waals surface area contributed by atoms with Crippen LogP contribution in [0.4, 0.5) is 0 Å². The summed E-state index contributed by atoms with van der Waals surface area (Å²) in [4.78, 5) is 0. The quantitative estimate of drug-likeness (QED) is 0.781. The first-order valence-corrected chi connectivity index (χ1v) is 4.98. The molecule has 0 bridgehead atoms. The molecule has 0 radical (unpaired) electrons. The van der Waals surface area contributed by atoms with Crippen LogP contribution in [0.5, 0.6) is 17.2 Å². The van der Waals surface area contributed by atoms with Gasteiger partial charge in [0.2, 0.25) is 12.5 Å². The zero-order chi connectivity index (χ0) is 11.4. The molecule has 0 spiro atoms. The van der Waals surface area contributed by atoms with Crippen LogP contribution in [0, 0.1) is 0 Å². The van der Waals surface area contributed by atoms with Gasteiger partial charge in [0.1, 0.15) is 0 Å². The zero-order valence-electron chi connectivity index (χ0n) is 9.36. The Morgan fingerprint density at radius 2 is 2.19 bits per heavy atom. The summed E-state index contributed by atoms with van der Waals surface area (Å²) in [6, 6.07) is 3.82. The average Bonchev–Trinajstić information content (AvgIpc) is 2.76. The van der Waals surface area contributed by atoms with Crippen molar-refractivity contribution < 1.29 is 18.9 Å². The summed E-state index contributed by atoms with van der Waals surface area (Å²) in [7, 11) is 3.27. The smallest absolute Gasteiger partial charge is 0.231 e. The van der Waals surface area contributed by atoms with E-state index >= 15 is 0 Å². The third-order valence-corrected chi connectivity index (χ3v) is 2.25. The van der Waals surface area contributed by atoms with Gasteiger partial charge in [-0.3, -0.25) is 0 Å². The van der Waals surface area contributed by atoms with Crippen LogP contribution in [0.1, 0.15) is 5.56 Å². The molecule has 0 fully saturated rings. The Kier molecular flexibility index (Phi) is 3.31. The van der Waals surface area contributed by atoms with Crippen LogP contribution in [0.25, 0.3) is 6.08 Å². The van der Waals surface area contributed by atoms with Crippen LogP contribution in [-0.2, 0) is 4.74 Å². The largest absolute Gasteiger partial charge is 0.493 e. The van der Waals surface area contributed by atoms with E-state index in [2.05, 4.69) is 0 Å². The highest BCUT2D eigenvalue weighted by Gasteiger charge is 2.19. The molecule has 0 aromatic heterocycles. The summed E-state index contributed by atoms with van der Waals surface area (Å²) in [6.07, 6.45) is 3.88. The van der Waals surface area contributed by atoms with Gasteiger partial charge in [-0.1, -0.05) is 12.2 Å². The highest BCUT2D eigenvalue weighted by atomic mass is 16.7. The van der Waals surface area contributed by atoms with Crippen molar-refractivity contribution in [2.45, 2.75) is 0 Å². The molecule has 86 valence electrons. The molecule has 1 aromatic rings. The van der Waals surface area contributed by atoms with Crippen LogP contribution in [0.2, 0.25) is 0 Å². The standard InChI is InChI=1S/C12H14O4/c1-13-5-3-4-9-6-10(14-2)12-11(7-9)15-8-16-12/h3-4,6-7H,5,8H2,1-2H3. The monoisotopic (exact) mass is 222 g/mol. The Hall–Kier alpha value is -1.68. The van der Waals surface area contributed by atoms with Crippen LogP contribution in [0.15, 0.2) is 18.2 Å². The van der Waals surface area contributed by atoms with Crippen molar-refractivity contribution in [3.63, 3.8) is 0 Å². The SMILES string of the molecule is COCC=Cc1cc(OC)c2c(c1)OCO2. The number of fused-ring (bicyclic) bond motifs is 1. The molecule has 1 aromatic carbocycles. The second-order valence-electron chi connectivity index (χ2n) is 3.31. The van der Waals surface area contributed by atoms with Gasteiger partial charge in [0.05, 0.1) is 13.7 Å². The van der Waals surface area contributed by atoms with Gasteiger partial charge in [-0.15, -0.1) is 0 Å². The minimum absolute atomic E-state index is 0.247. The molecule has 0 unspecified atom stereocenters. The van der Waals surface area contributed by atoms with Crippen molar-refractivity contribution in [2.24, 2.45) is 0 Å². The predicted octanol–water partition coefficient (Wildman–Crippen LogP) is 2.08. The Morgan fingerprint density at radius 3 is 2.94 bits per heavy atom. The predicted molar refractivity (Wildman–Crippen MR) is 60.0 cm³/mol. The molecular weight excluding hydrogens is 208 g/mol. The first-order chi connectivity index (χ1) is 7.85. The normalized spacial score (nSPS) is 13.4. The summed E-state index contributed by atoms with van der Waals surface area (Å²) < 4.78 is 20.8. The van der Waals surface area contributed by atoms with E-state index < -0.39 is 0 Å². The molecule has 4 nitrogen and oxygen atoms in total. The minimum Gasteiger partial charge on any atom is -0.493 e. The number of rotatable bonds is 4. The van der Waals surface area contributed by atoms with E-state index in [4.69, 9.17) is 18.9 Å². The molecule has 1 heterocycles.